The molecule has 0 heterocycles. The van der Waals surface area contributed by atoms with Gasteiger partial charge in [0.15, 0.2) is 0 Å². The molecular formula is C19H28N2. The smallest absolute Gasteiger partial charge is 0.0318 e. The molecule has 0 saturated heterocycles. The van der Waals surface area contributed by atoms with E-state index in [2.05, 4.69) is 45.0 Å². The highest BCUT2D eigenvalue weighted by atomic mass is 14.6. The van der Waals surface area contributed by atoms with Crippen LogP contribution < -0.4 is 11.5 Å². The van der Waals surface area contributed by atoms with Gasteiger partial charge in [-0.1, -0.05) is 81.4 Å². The predicted molar refractivity (Wildman–Crippen MR) is 91.9 cm³/mol. The van der Waals surface area contributed by atoms with Crippen LogP contribution in [0.15, 0.2) is 60.7 Å². The van der Waals surface area contributed by atoms with Crippen LogP contribution in [0.2, 0.25) is 0 Å². The van der Waals surface area contributed by atoms with Gasteiger partial charge >= 0.3 is 0 Å². The van der Waals surface area contributed by atoms with E-state index < -0.39 is 0 Å². The van der Waals surface area contributed by atoms with Crippen molar-refractivity contribution in [2.24, 2.45) is 17.4 Å². The molecule has 0 bridgehead atoms. The third-order valence-electron chi connectivity index (χ3n) is 3.57. The summed E-state index contributed by atoms with van der Waals surface area (Å²) in [6, 6.07) is 20.8. The lowest BCUT2D eigenvalue weighted by Gasteiger charge is -2.15. The molecule has 2 aromatic rings. The normalized spacial score (nSPS) is 13.2. The number of nitrogens with two attached hydrogens (primary N) is 2. The predicted octanol–water partition coefficient (Wildman–Crippen LogP) is 4.44. The molecule has 0 saturated carbocycles. The lowest BCUT2D eigenvalue weighted by molar-refractivity contribution is 0.514. The number of benzene rings is 2. The molecule has 2 nitrogen and oxygen atoms in total. The summed E-state index contributed by atoms with van der Waals surface area (Å²) < 4.78 is 0. The maximum atomic E-state index is 5.94. The average molecular weight is 284 g/mol. The first-order valence-corrected chi connectivity index (χ1v) is 7.67. The molecule has 2 rings (SSSR count). The molecule has 0 aliphatic heterocycles. The van der Waals surface area contributed by atoms with Gasteiger partial charge in [0.05, 0.1) is 0 Å². The van der Waals surface area contributed by atoms with Crippen LogP contribution in [0.3, 0.4) is 0 Å². The van der Waals surface area contributed by atoms with E-state index >= 15 is 0 Å². The molecule has 21 heavy (non-hydrogen) atoms. The lowest BCUT2D eigenvalue weighted by Crippen LogP contribution is -2.16. The summed E-state index contributed by atoms with van der Waals surface area (Å²) in [4.78, 5) is 0. The number of rotatable bonds is 4. The van der Waals surface area contributed by atoms with Crippen LogP contribution in [0, 0.1) is 5.92 Å². The Balaban J connectivity index is 0.000000211. The van der Waals surface area contributed by atoms with E-state index in [0.717, 1.165) is 6.42 Å². The van der Waals surface area contributed by atoms with E-state index in [0.29, 0.717) is 5.92 Å². The summed E-state index contributed by atoms with van der Waals surface area (Å²) in [6.45, 7) is 6.37. The van der Waals surface area contributed by atoms with Gasteiger partial charge in [0.25, 0.3) is 0 Å². The van der Waals surface area contributed by atoms with Crippen LogP contribution in [-0.2, 0) is 0 Å². The van der Waals surface area contributed by atoms with Gasteiger partial charge in [0.2, 0.25) is 0 Å². The average Bonchev–Trinajstić information content (AvgIpc) is 2.55. The molecule has 2 unspecified atom stereocenters. The number of hydrogen-bond acceptors (Lipinski definition) is 2. The fourth-order valence-electron chi connectivity index (χ4n) is 2.00. The zero-order valence-corrected chi connectivity index (χ0v) is 13.4. The summed E-state index contributed by atoms with van der Waals surface area (Å²) in [5, 5.41) is 0. The second kappa shape index (κ2) is 9.32. The number of hydrogen-bond donors (Lipinski definition) is 2. The molecule has 0 aromatic heterocycles. The molecule has 2 heteroatoms. The van der Waals surface area contributed by atoms with E-state index in [9.17, 15) is 0 Å². The highest BCUT2D eigenvalue weighted by Gasteiger charge is 2.08. The Bertz CT molecular complexity index is 479. The van der Waals surface area contributed by atoms with Crippen molar-refractivity contribution in [2.75, 3.05) is 0 Å². The van der Waals surface area contributed by atoms with E-state index in [1.165, 1.54) is 11.1 Å². The zero-order chi connectivity index (χ0) is 15.7. The fourth-order valence-corrected chi connectivity index (χ4v) is 2.00. The summed E-state index contributed by atoms with van der Waals surface area (Å²) >= 11 is 0. The Morgan fingerprint density at radius 1 is 0.762 bits per heavy atom. The quantitative estimate of drug-likeness (QED) is 0.872. The molecule has 2 aromatic carbocycles. The minimum absolute atomic E-state index is 0.177. The van der Waals surface area contributed by atoms with Crippen LogP contribution in [0.4, 0.5) is 0 Å². The van der Waals surface area contributed by atoms with Crippen LogP contribution in [0.5, 0.6) is 0 Å². The Kier molecular flexibility index (Phi) is 7.73. The van der Waals surface area contributed by atoms with Crippen LogP contribution in [0.25, 0.3) is 0 Å². The zero-order valence-electron chi connectivity index (χ0n) is 13.4. The third-order valence-corrected chi connectivity index (χ3v) is 3.57. The Morgan fingerprint density at radius 2 is 1.19 bits per heavy atom. The van der Waals surface area contributed by atoms with E-state index in [4.69, 9.17) is 11.5 Å². The first-order valence-electron chi connectivity index (χ1n) is 7.67. The monoisotopic (exact) mass is 284 g/mol. The molecule has 0 aliphatic carbocycles. The van der Waals surface area contributed by atoms with Crippen LogP contribution in [0.1, 0.15) is 50.4 Å². The van der Waals surface area contributed by atoms with Crippen molar-refractivity contribution in [1.82, 2.24) is 0 Å². The Morgan fingerprint density at radius 3 is 1.57 bits per heavy atom. The first-order chi connectivity index (χ1) is 10.1. The molecule has 0 amide bonds. The minimum Gasteiger partial charge on any atom is -0.324 e. The van der Waals surface area contributed by atoms with Crippen molar-refractivity contribution in [3.63, 3.8) is 0 Å². The fraction of sp³-hybridized carbons (Fsp3) is 0.368. The van der Waals surface area contributed by atoms with Crippen molar-refractivity contribution < 1.29 is 0 Å². The third kappa shape index (κ3) is 6.11. The van der Waals surface area contributed by atoms with Crippen molar-refractivity contribution in [1.29, 1.82) is 0 Å². The largest absolute Gasteiger partial charge is 0.324 e. The first kappa shape index (κ1) is 17.4. The summed E-state index contributed by atoms with van der Waals surface area (Å²) in [5.74, 6) is 0.511. The van der Waals surface area contributed by atoms with Gasteiger partial charge in [0, 0.05) is 12.1 Å². The molecule has 2 atom stereocenters. The van der Waals surface area contributed by atoms with Gasteiger partial charge in [-0.25, -0.2) is 0 Å². The standard InChI is InChI=1S/C10H15N.C9H13N/c1-8(2)10(11)9-6-4-3-5-7-9;1-2-9(10)8-6-4-3-5-7-8/h3-8,10H,11H2,1-2H3;3-7,9H,2,10H2,1H3. The van der Waals surface area contributed by atoms with Gasteiger partial charge in [-0.3, -0.25) is 0 Å². The SMILES string of the molecule is CC(C)C(N)c1ccccc1.CCC(N)c1ccccc1. The van der Waals surface area contributed by atoms with E-state index in [1.54, 1.807) is 0 Å². The molecule has 0 aliphatic rings. The minimum atomic E-state index is 0.177. The van der Waals surface area contributed by atoms with Crippen LogP contribution >= 0.6 is 0 Å². The van der Waals surface area contributed by atoms with E-state index in [1.807, 2.05) is 36.4 Å². The summed E-state index contributed by atoms with van der Waals surface area (Å²) in [5.41, 5.74) is 14.2. The van der Waals surface area contributed by atoms with Gasteiger partial charge in [-0.2, -0.15) is 0 Å². The van der Waals surface area contributed by atoms with Gasteiger partial charge in [-0.15, -0.1) is 0 Å². The highest BCUT2D eigenvalue weighted by Crippen LogP contribution is 2.17. The second-order valence-electron chi connectivity index (χ2n) is 5.61. The topological polar surface area (TPSA) is 52.0 Å². The summed E-state index contributed by atoms with van der Waals surface area (Å²) in [6.07, 6.45) is 1.00. The summed E-state index contributed by atoms with van der Waals surface area (Å²) in [7, 11) is 0. The second-order valence-corrected chi connectivity index (χ2v) is 5.61. The maximum absolute atomic E-state index is 5.94. The molecular weight excluding hydrogens is 256 g/mol. The molecule has 114 valence electrons. The van der Waals surface area contributed by atoms with Crippen molar-refractivity contribution in [2.45, 2.75) is 39.3 Å². The van der Waals surface area contributed by atoms with Gasteiger partial charge < -0.3 is 11.5 Å². The Labute approximate surface area is 129 Å². The van der Waals surface area contributed by atoms with E-state index in [-0.39, 0.29) is 12.1 Å². The molecule has 0 fully saturated rings. The highest BCUT2D eigenvalue weighted by molar-refractivity contribution is 5.19. The van der Waals surface area contributed by atoms with Crippen LogP contribution in [-0.4, -0.2) is 0 Å². The van der Waals surface area contributed by atoms with Gasteiger partial charge in [-0.05, 0) is 23.5 Å². The maximum Gasteiger partial charge on any atom is 0.0318 e. The molecule has 4 N–H and O–H groups in total. The van der Waals surface area contributed by atoms with Crippen molar-refractivity contribution in [3.05, 3.63) is 71.8 Å². The molecule has 0 radical (unpaired) electrons. The van der Waals surface area contributed by atoms with Gasteiger partial charge in [0.1, 0.15) is 0 Å². The van der Waals surface area contributed by atoms with Crippen molar-refractivity contribution in [3.8, 4) is 0 Å². The molecule has 0 spiro atoms. The van der Waals surface area contributed by atoms with Crippen molar-refractivity contribution >= 4 is 0 Å². The lowest BCUT2D eigenvalue weighted by atomic mass is 9.97. The Hall–Kier alpha value is -1.64.